The highest BCUT2D eigenvalue weighted by atomic mass is 16.5. The lowest BCUT2D eigenvalue weighted by molar-refractivity contribution is -0.137. The second-order valence-corrected chi connectivity index (χ2v) is 7.75. The van der Waals surface area contributed by atoms with Crippen LogP contribution in [0.5, 0.6) is 0 Å². The summed E-state index contributed by atoms with van der Waals surface area (Å²) in [5.74, 6) is -0.0112. The van der Waals surface area contributed by atoms with Crippen LogP contribution in [-0.2, 0) is 9.53 Å². The molecule has 1 aliphatic heterocycles. The van der Waals surface area contributed by atoms with Gasteiger partial charge in [0, 0.05) is 26.2 Å². The van der Waals surface area contributed by atoms with Gasteiger partial charge in [0.1, 0.15) is 6.10 Å². The smallest absolute Gasteiger partial charge is 0.336 e. The number of nitrogens with zero attached hydrogens (tertiary/aromatic N) is 1. The quantitative estimate of drug-likeness (QED) is 0.374. The number of allylic oxidation sites excluding steroid dienone is 5. The lowest BCUT2D eigenvalue weighted by Crippen LogP contribution is -2.16. The fraction of sp³-hybridized carbons (Fsp3) is 0.591. The van der Waals surface area contributed by atoms with E-state index in [0.29, 0.717) is 0 Å². The molecule has 3 heteroatoms. The van der Waals surface area contributed by atoms with Crippen LogP contribution in [0.4, 0.5) is 0 Å². The van der Waals surface area contributed by atoms with Crippen molar-refractivity contribution in [2.75, 3.05) is 14.1 Å². The first kappa shape index (κ1) is 19.6. The summed E-state index contributed by atoms with van der Waals surface area (Å²) in [6.45, 7) is 6.58. The zero-order valence-electron chi connectivity index (χ0n) is 16.5. The lowest BCUT2D eigenvalue weighted by atomic mass is 9.88. The summed E-state index contributed by atoms with van der Waals surface area (Å²) in [6, 6.07) is 0. The predicted octanol–water partition coefficient (Wildman–Crippen LogP) is 5.17. The number of rotatable bonds is 1. The molecule has 0 saturated carbocycles. The van der Waals surface area contributed by atoms with Gasteiger partial charge in [0.15, 0.2) is 0 Å². The Kier molecular flexibility index (Phi) is 7.10. The highest BCUT2D eigenvalue weighted by Gasteiger charge is 2.38. The molecule has 0 aromatic heterocycles. The van der Waals surface area contributed by atoms with E-state index in [1.54, 1.807) is 0 Å². The first-order valence-electron chi connectivity index (χ1n) is 9.44. The van der Waals surface area contributed by atoms with Gasteiger partial charge >= 0.3 is 5.97 Å². The van der Waals surface area contributed by atoms with Crippen LogP contribution >= 0.6 is 0 Å². The van der Waals surface area contributed by atoms with E-state index in [0.717, 1.165) is 44.1 Å². The van der Waals surface area contributed by atoms with Gasteiger partial charge in [0.25, 0.3) is 0 Å². The van der Waals surface area contributed by atoms with Crippen molar-refractivity contribution in [3.8, 4) is 0 Å². The average Bonchev–Trinajstić information content (AvgIpc) is 2.79. The van der Waals surface area contributed by atoms with Gasteiger partial charge in [-0.25, -0.2) is 4.79 Å². The van der Waals surface area contributed by atoms with Crippen LogP contribution in [0.25, 0.3) is 0 Å². The molecular formula is C22H33NO2. The van der Waals surface area contributed by atoms with Crippen LogP contribution in [0.1, 0.15) is 59.3 Å². The zero-order chi connectivity index (χ0) is 18.4. The van der Waals surface area contributed by atoms with Crippen molar-refractivity contribution >= 4 is 5.97 Å². The van der Waals surface area contributed by atoms with E-state index in [9.17, 15) is 4.79 Å². The third-order valence-electron chi connectivity index (χ3n) is 5.03. The molecule has 0 aromatic rings. The maximum Gasteiger partial charge on any atom is 0.336 e. The molecule has 138 valence electrons. The predicted molar refractivity (Wildman–Crippen MR) is 104 cm³/mol. The summed E-state index contributed by atoms with van der Waals surface area (Å²) < 4.78 is 5.72. The number of ether oxygens (including phenoxy) is 1. The molecule has 2 rings (SSSR count). The molecule has 1 saturated heterocycles. The molecule has 0 spiro atoms. The van der Waals surface area contributed by atoms with Gasteiger partial charge in [-0.3, -0.25) is 0 Å². The second kappa shape index (κ2) is 9.07. The van der Waals surface area contributed by atoms with Gasteiger partial charge in [-0.2, -0.15) is 0 Å². The monoisotopic (exact) mass is 343 g/mol. The third-order valence-corrected chi connectivity index (χ3v) is 5.03. The molecule has 2 atom stereocenters. The molecular weight excluding hydrogens is 310 g/mol. The molecule has 25 heavy (non-hydrogen) atoms. The van der Waals surface area contributed by atoms with Gasteiger partial charge < -0.3 is 9.64 Å². The number of esters is 1. The molecule has 1 fully saturated rings. The molecule has 0 amide bonds. The van der Waals surface area contributed by atoms with Crippen LogP contribution in [0, 0.1) is 5.92 Å². The van der Waals surface area contributed by atoms with Crippen molar-refractivity contribution in [2.45, 2.75) is 65.4 Å². The van der Waals surface area contributed by atoms with Crippen molar-refractivity contribution in [3.05, 3.63) is 46.7 Å². The molecule has 0 unspecified atom stereocenters. The highest BCUT2D eigenvalue weighted by molar-refractivity contribution is 5.91. The van der Waals surface area contributed by atoms with Gasteiger partial charge in [-0.15, -0.1) is 0 Å². The Balaban J connectivity index is 2.29. The van der Waals surface area contributed by atoms with Gasteiger partial charge in [0.05, 0.1) is 5.57 Å². The average molecular weight is 344 g/mol. The Hall–Kier alpha value is -1.77. The van der Waals surface area contributed by atoms with Crippen LogP contribution < -0.4 is 0 Å². The molecule has 0 N–H and O–H groups in total. The minimum absolute atomic E-state index is 0.125. The van der Waals surface area contributed by atoms with Crippen LogP contribution in [0.15, 0.2) is 46.7 Å². The van der Waals surface area contributed by atoms with E-state index in [2.05, 4.69) is 39.0 Å². The fourth-order valence-electron chi connectivity index (χ4n) is 3.54. The van der Waals surface area contributed by atoms with Crippen molar-refractivity contribution in [1.82, 2.24) is 4.90 Å². The SMILES string of the molecule is C/C1=C\CC/C(C)=C/[C@H]2OC(=O)/C(=C\N(C)C)[C@@H]2CC/C(C)=C/CC1. The first-order valence-corrected chi connectivity index (χ1v) is 9.44. The van der Waals surface area contributed by atoms with Gasteiger partial charge in [-0.05, 0) is 65.4 Å². The number of carbonyl (C=O) groups excluding carboxylic acids is 1. The van der Waals surface area contributed by atoms with E-state index >= 15 is 0 Å². The van der Waals surface area contributed by atoms with Crippen LogP contribution in [-0.4, -0.2) is 31.1 Å². The molecule has 1 aliphatic carbocycles. The summed E-state index contributed by atoms with van der Waals surface area (Å²) >= 11 is 0. The molecule has 1 heterocycles. The summed E-state index contributed by atoms with van der Waals surface area (Å²) in [6.07, 6.45) is 15.0. The van der Waals surface area contributed by atoms with E-state index in [1.165, 1.54) is 16.7 Å². The molecule has 3 nitrogen and oxygen atoms in total. The zero-order valence-corrected chi connectivity index (χ0v) is 16.5. The molecule has 2 aliphatic rings. The van der Waals surface area contributed by atoms with E-state index in [1.807, 2.05) is 25.2 Å². The maximum atomic E-state index is 12.4. The standard InChI is InChI=1S/C22H33NO2/c1-16-8-6-10-17(2)12-13-19-20(15-23(4)5)22(24)25-21(19)14-18(3)11-7-9-16/h9-10,14-15,19,21H,6-8,11-13H2,1-5H3/b16-9+,17-10+,18-14+,20-15-/t19-,21+/m0/s1. The number of hydrogen-bond acceptors (Lipinski definition) is 3. The van der Waals surface area contributed by atoms with Crippen LogP contribution in [0.3, 0.4) is 0 Å². The minimum Gasteiger partial charge on any atom is -0.454 e. The Labute approximate surface area is 153 Å². The summed E-state index contributed by atoms with van der Waals surface area (Å²) in [4.78, 5) is 14.3. The van der Waals surface area contributed by atoms with Crippen molar-refractivity contribution in [2.24, 2.45) is 5.92 Å². The molecule has 0 bridgehead atoms. The Morgan fingerprint density at radius 3 is 2.24 bits per heavy atom. The maximum absolute atomic E-state index is 12.4. The summed E-state index contributed by atoms with van der Waals surface area (Å²) in [5.41, 5.74) is 5.00. The Bertz CT molecular complexity index is 608. The fourth-order valence-corrected chi connectivity index (χ4v) is 3.54. The van der Waals surface area contributed by atoms with E-state index in [4.69, 9.17) is 4.74 Å². The van der Waals surface area contributed by atoms with E-state index < -0.39 is 0 Å². The first-order chi connectivity index (χ1) is 11.9. The van der Waals surface area contributed by atoms with Crippen molar-refractivity contribution in [1.29, 1.82) is 0 Å². The van der Waals surface area contributed by atoms with Crippen molar-refractivity contribution < 1.29 is 9.53 Å². The van der Waals surface area contributed by atoms with Gasteiger partial charge in [0.2, 0.25) is 0 Å². The number of fused-ring (bicyclic) bond motifs is 1. The molecule has 0 radical (unpaired) electrons. The Morgan fingerprint density at radius 2 is 1.60 bits per heavy atom. The third kappa shape index (κ3) is 5.91. The van der Waals surface area contributed by atoms with E-state index in [-0.39, 0.29) is 18.0 Å². The van der Waals surface area contributed by atoms with Crippen LogP contribution in [0.2, 0.25) is 0 Å². The minimum atomic E-state index is -0.158. The number of carbonyl (C=O) groups is 1. The highest BCUT2D eigenvalue weighted by Crippen LogP contribution is 2.34. The van der Waals surface area contributed by atoms with Gasteiger partial charge in [-0.1, -0.05) is 28.9 Å². The molecule has 0 aromatic carbocycles. The summed E-state index contributed by atoms with van der Waals surface area (Å²) in [7, 11) is 3.91. The normalized spacial score (nSPS) is 33.9. The van der Waals surface area contributed by atoms with Crippen molar-refractivity contribution in [3.63, 3.8) is 0 Å². The Morgan fingerprint density at radius 1 is 1.00 bits per heavy atom. The second-order valence-electron chi connectivity index (χ2n) is 7.75. The topological polar surface area (TPSA) is 29.5 Å². The summed E-state index contributed by atoms with van der Waals surface area (Å²) in [5, 5.41) is 0. The lowest BCUT2D eigenvalue weighted by Gasteiger charge is -2.17. The largest absolute Gasteiger partial charge is 0.454 e. The number of hydrogen-bond donors (Lipinski definition) is 0.